The van der Waals surface area contributed by atoms with Crippen LogP contribution in [-0.2, 0) is 22.9 Å². The summed E-state index contributed by atoms with van der Waals surface area (Å²) in [4.78, 5) is 4.64. The molecule has 0 amide bonds. The topological polar surface area (TPSA) is 80.3 Å². The van der Waals surface area contributed by atoms with Crippen molar-refractivity contribution in [3.8, 4) is 5.75 Å². The third kappa shape index (κ3) is 7.15. The van der Waals surface area contributed by atoms with Crippen molar-refractivity contribution in [1.82, 2.24) is 15.0 Å². The zero-order chi connectivity index (χ0) is 25.2. The van der Waals surface area contributed by atoms with Gasteiger partial charge < -0.3 is 10.1 Å². The molecule has 0 fully saturated rings. The molecule has 0 aliphatic heterocycles. The summed E-state index contributed by atoms with van der Waals surface area (Å²) in [7, 11) is -1.69. The molecule has 0 saturated carbocycles. The smallest absolute Gasteiger partial charge is 0.240 e. The Kier molecular flexibility index (Phi) is 9.50. The van der Waals surface area contributed by atoms with Gasteiger partial charge in [0.15, 0.2) is 0 Å². The zero-order valence-corrected chi connectivity index (χ0v) is 21.8. The van der Waals surface area contributed by atoms with E-state index in [9.17, 15) is 8.42 Å². The second-order valence-corrected chi connectivity index (χ2v) is 11.2. The van der Waals surface area contributed by atoms with Crippen LogP contribution in [0, 0.1) is 0 Å². The Morgan fingerprint density at radius 3 is 2.53 bits per heavy atom. The van der Waals surface area contributed by atoms with E-state index in [1.54, 1.807) is 31.4 Å². The van der Waals surface area contributed by atoms with Crippen molar-refractivity contribution in [2.45, 2.75) is 61.8 Å². The predicted octanol–water partition coefficient (Wildman–Crippen LogP) is 4.86. The van der Waals surface area contributed by atoms with E-state index in [0.717, 1.165) is 57.2 Å². The van der Waals surface area contributed by atoms with Gasteiger partial charge in [-0.1, -0.05) is 43.2 Å². The summed E-state index contributed by atoms with van der Waals surface area (Å²) in [5, 5.41) is 3.83. The van der Waals surface area contributed by atoms with Crippen molar-refractivity contribution in [2.75, 3.05) is 20.2 Å². The Bertz CT molecular complexity index is 1190. The number of rotatable bonds is 13. The number of fused-ring (bicyclic) bond motifs is 1. The van der Waals surface area contributed by atoms with Gasteiger partial charge in [-0.3, -0.25) is 4.98 Å². The minimum absolute atomic E-state index is 0.322. The van der Waals surface area contributed by atoms with E-state index in [1.807, 2.05) is 24.5 Å². The molecule has 0 unspecified atom stereocenters. The van der Waals surface area contributed by atoms with Crippen LogP contribution < -0.4 is 14.8 Å². The molecule has 0 spiro atoms. The van der Waals surface area contributed by atoms with Gasteiger partial charge in [-0.15, -0.1) is 0 Å². The Morgan fingerprint density at radius 1 is 0.972 bits per heavy atom. The number of unbranched alkanes of at least 4 members (excludes halogenated alkanes) is 3. The van der Waals surface area contributed by atoms with Crippen LogP contribution >= 0.6 is 0 Å². The molecule has 7 heteroatoms. The highest BCUT2D eigenvalue weighted by Gasteiger charge is 2.29. The number of methoxy groups -OCH3 is 1. The first-order chi connectivity index (χ1) is 17.6. The number of sulfonamides is 1. The highest BCUT2D eigenvalue weighted by molar-refractivity contribution is 7.89. The molecule has 1 aliphatic carbocycles. The van der Waals surface area contributed by atoms with E-state index >= 15 is 0 Å². The van der Waals surface area contributed by atoms with E-state index in [0.29, 0.717) is 23.4 Å². The summed E-state index contributed by atoms with van der Waals surface area (Å²) in [6.07, 6.45) is 10.9. The molecule has 192 valence electrons. The molecule has 6 nitrogen and oxygen atoms in total. The minimum Gasteiger partial charge on any atom is -0.497 e. The SMILES string of the molecule is COc1ccc2c(c1)CC[C@@H](NCCCCCCNS(=O)(=O)c1ccccc1)[C@H]2Cc1cccnc1. The number of hydrogen-bond donors (Lipinski definition) is 2. The second-order valence-electron chi connectivity index (χ2n) is 9.46. The van der Waals surface area contributed by atoms with E-state index in [4.69, 9.17) is 4.74 Å². The number of hydrogen-bond acceptors (Lipinski definition) is 5. The third-order valence-electron chi connectivity index (χ3n) is 6.99. The fraction of sp³-hybridized carbons (Fsp3) is 0.414. The van der Waals surface area contributed by atoms with Crippen LogP contribution in [0.25, 0.3) is 0 Å². The van der Waals surface area contributed by atoms with E-state index in [-0.39, 0.29) is 0 Å². The molecule has 1 aromatic heterocycles. The van der Waals surface area contributed by atoms with Gasteiger partial charge in [0.1, 0.15) is 5.75 Å². The first-order valence-electron chi connectivity index (χ1n) is 12.9. The average molecular weight is 508 g/mol. The number of pyridine rings is 1. The molecule has 4 rings (SSSR count). The minimum atomic E-state index is -3.41. The van der Waals surface area contributed by atoms with Crippen LogP contribution in [-0.4, -0.2) is 39.6 Å². The monoisotopic (exact) mass is 507 g/mol. The molecule has 0 radical (unpaired) electrons. The normalized spacial score (nSPS) is 17.5. The maximum Gasteiger partial charge on any atom is 0.240 e. The molecule has 1 aliphatic rings. The predicted molar refractivity (Wildman–Crippen MR) is 144 cm³/mol. The molecule has 3 aromatic rings. The van der Waals surface area contributed by atoms with Crippen LogP contribution in [0.4, 0.5) is 0 Å². The largest absolute Gasteiger partial charge is 0.497 e. The molecular formula is C29H37N3O3S. The third-order valence-corrected chi connectivity index (χ3v) is 8.47. The molecule has 2 aromatic carbocycles. The van der Waals surface area contributed by atoms with Gasteiger partial charge in [0.25, 0.3) is 0 Å². The maximum absolute atomic E-state index is 12.3. The van der Waals surface area contributed by atoms with Crippen molar-refractivity contribution in [3.05, 3.63) is 89.7 Å². The number of benzene rings is 2. The molecule has 36 heavy (non-hydrogen) atoms. The molecular weight excluding hydrogens is 470 g/mol. The van der Waals surface area contributed by atoms with Crippen LogP contribution in [0.5, 0.6) is 5.75 Å². The Morgan fingerprint density at radius 2 is 1.78 bits per heavy atom. The van der Waals surface area contributed by atoms with Gasteiger partial charge >= 0.3 is 0 Å². The summed E-state index contributed by atoms with van der Waals surface area (Å²) in [5.41, 5.74) is 4.06. The van der Waals surface area contributed by atoms with E-state index in [2.05, 4.69) is 39.3 Å². The lowest BCUT2D eigenvalue weighted by Crippen LogP contribution is -2.39. The van der Waals surface area contributed by atoms with Gasteiger partial charge in [0.05, 0.1) is 12.0 Å². The Labute approximate surface area is 215 Å². The Balaban J connectivity index is 1.23. The number of aryl methyl sites for hydroxylation is 1. The van der Waals surface area contributed by atoms with Gasteiger partial charge in [0.2, 0.25) is 10.0 Å². The second kappa shape index (κ2) is 13.0. The lowest BCUT2D eigenvalue weighted by atomic mass is 9.76. The first kappa shape index (κ1) is 26.3. The number of nitrogens with one attached hydrogen (secondary N) is 2. The zero-order valence-electron chi connectivity index (χ0n) is 21.0. The molecule has 1 heterocycles. The fourth-order valence-electron chi connectivity index (χ4n) is 5.07. The summed E-state index contributed by atoms with van der Waals surface area (Å²) < 4.78 is 32.8. The van der Waals surface area contributed by atoms with Gasteiger partial charge in [-0.25, -0.2) is 13.1 Å². The molecule has 2 N–H and O–H groups in total. The van der Waals surface area contributed by atoms with Crippen LogP contribution in [0.15, 0.2) is 78.0 Å². The van der Waals surface area contributed by atoms with E-state index in [1.165, 1.54) is 16.7 Å². The molecule has 0 saturated heterocycles. The van der Waals surface area contributed by atoms with Crippen LogP contribution in [0.2, 0.25) is 0 Å². The van der Waals surface area contributed by atoms with Gasteiger partial charge in [-0.05, 0) is 85.7 Å². The number of nitrogens with zero attached hydrogens (tertiary/aromatic N) is 1. The van der Waals surface area contributed by atoms with Crippen LogP contribution in [0.3, 0.4) is 0 Å². The summed E-state index contributed by atoms with van der Waals surface area (Å²) in [5.74, 6) is 1.32. The fourth-order valence-corrected chi connectivity index (χ4v) is 6.16. The molecule has 0 bridgehead atoms. The summed E-state index contributed by atoms with van der Waals surface area (Å²) in [6.45, 7) is 1.44. The standard InChI is InChI=1S/C29H37N3O3S/c1-35-25-14-15-27-24(21-25)13-16-29(28(27)20-23-10-9-17-30-22-23)31-18-7-2-3-8-19-32-36(33,34)26-11-5-4-6-12-26/h4-6,9-12,14-15,17,21-22,28-29,31-32H,2-3,7-8,13,16,18-20H2,1H3/t28-,29+/m0/s1. The van der Waals surface area contributed by atoms with Crippen molar-refractivity contribution in [1.29, 1.82) is 0 Å². The lowest BCUT2D eigenvalue weighted by Gasteiger charge is -2.35. The highest BCUT2D eigenvalue weighted by Crippen LogP contribution is 2.36. The highest BCUT2D eigenvalue weighted by atomic mass is 32.2. The average Bonchev–Trinajstić information content (AvgIpc) is 2.91. The maximum atomic E-state index is 12.3. The van der Waals surface area contributed by atoms with Crippen LogP contribution in [0.1, 0.15) is 54.7 Å². The first-order valence-corrected chi connectivity index (χ1v) is 14.4. The quantitative estimate of drug-likeness (QED) is 0.323. The summed E-state index contributed by atoms with van der Waals surface area (Å²) >= 11 is 0. The van der Waals surface area contributed by atoms with Crippen molar-refractivity contribution in [2.24, 2.45) is 0 Å². The number of ether oxygens (including phenoxy) is 1. The van der Waals surface area contributed by atoms with Crippen molar-refractivity contribution < 1.29 is 13.2 Å². The van der Waals surface area contributed by atoms with Gasteiger partial charge in [-0.2, -0.15) is 0 Å². The van der Waals surface area contributed by atoms with Crippen molar-refractivity contribution >= 4 is 10.0 Å². The van der Waals surface area contributed by atoms with Crippen molar-refractivity contribution in [3.63, 3.8) is 0 Å². The Hall–Kier alpha value is -2.74. The molecule has 2 atom stereocenters. The van der Waals surface area contributed by atoms with E-state index < -0.39 is 10.0 Å². The van der Waals surface area contributed by atoms with Gasteiger partial charge in [0, 0.05) is 30.9 Å². The number of aromatic nitrogens is 1. The lowest BCUT2D eigenvalue weighted by molar-refractivity contribution is 0.376. The summed E-state index contributed by atoms with van der Waals surface area (Å²) in [6, 6.07) is 19.6.